The Labute approximate surface area is 148 Å². The van der Waals surface area contributed by atoms with Crippen molar-refractivity contribution in [3.8, 4) is 0 Å². The molecular weight excluding hydrogens is 353 g/mol. The normalized spacial score (nSPS) is 20.5. The molecule has 0 radical (unpaired) electrons. The zero-order valence-corrected chi connectivity index (χ0v) is 13.9. The second-order valence-electron chi connectivity index (χ2n) is 6.07. The maximum absolute atomic E-state index is 13.0. The van der Waals surface area contributed by atoms with Crippen molar-refractivity contribution in [2.24, 2.45) is 0 Å². The molecule has 0 aliphatic heterocycles. The molecule has 7 heteroatoms. The van der Waals surface area contributed by atoms with Crippen LogP contribution in [0.25, 0.3) is 0 Å². The maximum Gasteiger partial charge on any atom is 0.434 e. The smallest absolute Gasteiger partial charge is 0.349 e. The second-order valence-corrected chi connectivity index (χ2v) is 6.50. The Hall–Kier alpha value is -2.08. The van der Waals surface area contributed by atoms with E-state index in [2.05, 4.69) is 10.3 Å². The largest absolute Gasteiger partial charge is 0.434 e. The number of amides is 1. The first kappa shape index (κ1) is 17.7. The first-order valence-corrected chi connectivity index (χ1v) is 8.32. The van der Waals surface area contributed by atoms with E-state index in [1.807, 2.05) is 12.1 Å². The van der Waals surface area contributed by atoms with Crippen molar-refractivity contribution in [1.82, 2.24) is 10.3 Å². The molecule has 1 aromatic heterocycles. The Bertz CT molecular complexity index is 762. The minimum Gasteiger partial charge on any atom is -0.349 e. The Morgan fingerprint density at radius 2 is 1.88 bits per heavy atom. The molecule has 0 bridgehead atoms. The summed E-state index contributed by atoms with van der Waals surface area (Å²) in [6, 6.07) is 9.60. The van der Waals surface area contributed by atoms with Gasteiger partial charge in [-0.05, 0) is 42.7 Å². The number of rotatable bonds is 3. The zero-order chi connectivity index (χ0) is 18.0. The SMILES string of the molecule is O=C(NC1CCCC1c1ccc(Cl)cc1)c1cccnc1C(F)(F)F. The van der Waals surface area contributed by atoms with E-state index in [-0.39, 0.29) is 12.0 Å². The highest BCUT2D eigenvalue weighted by Crippen LogP contribution is 2.36. The second kappa shape index (κ2) is 7.04. The fraction of sp³-hybridized carbons (Fsp3) is 0.333. The molecule has 0 saturated heterocycles. The quantitative estimate of drug-likeness (QED) is 0.844. The molecule has 1 heterocycles. The number of carbonyl (C=O) groups excluding carboxylic acids is 1. The van der Waals surface area contributed by atoms with Crippen molar-refractivity contribution in [1.29, 1.82) is 0 Å². The summed E-state index contributed by atoms with van der Waals surface area (Å²) in [5.74, 6) is -0.682. The summed E-state index contributed by atoms with van der Waals surface area (Å²) >= 11 is 5.90. The van der Waals surface area contributed by atoms with Crippen LogP contribution in [0.15, 0.2) is 42.6 Å². The van der Waals surface area contributed by atoms with Crippen molar-refractivity contribution in [3.63, 3.8) is 0 Å². The summed E-state index contributed by atoms with van der Waals surface area (Å²) in [7, 11) is 0. The maximum atomic E-state index is 13.0. The van der Waals surface area contributed by atoms with E-state index in [1.165, 1.54) is 6.07 Å². The Kier molecular flexibility index (Phi) is 4.99. The van der Waals surface area contributed by atoms with Crippen LogP contribution < -0.4 is 5.32 Å². The summed E-state index contributed by atoms with van der Waals surface area (Å²) in [4.78, 5) is 15.8. The Morgan fingerprint density at radius 1 is 1.16 bits per heavy atom. The minimum atomic E-state index is -4.67. The highest BCUT2D eigenvalue weighted by atomic mass is 35.5. The number of nitrogens with zero attached hydrogens (tertiary/aromatic N) is 1. The van der Waals surface area contributed by atoms with Gasteiger partial charge in [0.2, 0.25) is 0 Å². The molecule has 1 aromatic carbocycles. The molecular formula is C18H16ClF3N2O. The molecule has 1 amide bonds. The standard InChI is InChI=1S/C18H16ClF3N2O/c19-12-8-6-11(7-9-12)13-3-1-5-15(13)24-17(25)14-4-2-10-23-16(14)18(20,21)22/h2,4,6-10,13,15H,1,3,5H2,(H,24,25). The number of carbonyl (C=O) groups is 1. The number of nitrogens with one attached hydrogen (secondary N) is 1. The van der Waals surface area contributed by atoms with Crippen LogP contribution in [0.2, 0.25) is 5.02 Å². The number of benzene rings is 1. The van der Waals surface area contributed by atoms with Gasteiger partial charge in [0.15, 0.2) is 5.69 Å². The summed E-state index contributed by atoms with van der Waals surface area (Å²) in [6.07, 6.45) is -1.14. The molecule has 25 heavy (non-hydrogen) atoms. The van der Waals surface area contributed by atoms with Crippen LogP contribution in [0.5, 0.6) is 0 Å². The number of halogens is 4. The van der Waals surface area contributed by atoms with Crippen LogP contribution in [0.1, 0.15) is 46.8 Å². The number of aromatic nitrogens is 1. The summed E-state index contributed by atoms with van der Waals surface area (Å²) in [5, 5.41) is 3.38. The predicted molar refractivity (Wildman–Crippen MR) is 88.5 cm³/mol. The van der Waals surface area contributed by atoms with Gasteiger partial charge in [-0.1, -0.05) is 30.2 Å². The molecule has 3 rings (SSSR count). The Balaban J connectivity index is 1.80. The van der Waals surface area contributed by atoms with Crippen LogP contribution >= 0.6 is 11.6 Å². The van der Waals surface area contributed by atoms with Gasteiger partial charge < -0.3 is 5.32 Å². The van der Waals surface area contributed by atoms with Gasteiger partial charge in [0.05, 0.1) is 5.56 Å². The lowest BCUT2D eigenvalue weighted by molar-refractivity contribution is -0.141. The van der Waals surface area contributed by atoms with Crippen molar-refractivity contribution in [2.75, 3.05) is 0 Å². The van der Waals surface area contributed by atoms with E-state index in [4.69, 9.17) is 11.6 Å². The highest BCUT2D eigenvalue weighted by molar-refractivity contribution is 6.30. The third-order valence-corrected chi connectivity index (χ3v) is 4.70. The van der Waals surface area contributed by atoms with E-state index in [0.29, 0.717) is 5.02 Å². The molecule has 2 atom stereocenters. The zero-order valence-electron chi connectivity index (χ0n) is 13.2. The number of hydrogen-bond donors (Lipinski definition) is 1. The van der Waals surface area contributed by atoms with Gasteiger partial charge in [0, 0.05) is 23.2 Å². The molecule has 0 spiro atoms. The van der Waals surface area contributed by atoms with Gasteiger partial charge in [-0.3, -0.25) is 9.78 Å². The van der Waals surface area contributed by atoms with Crippen LogP contribution in [-0.2, 0) is 6.18 Å². The number of alkyl halides is 3. The van der Waals surface area contributed by atoms with E-state index >= 15 is 0 Å². The number of hydrogen-bond acceptors (Lipinski definition) is 2. The Morgan fingerprint density at radius 3 is 2.56 bits per heavy atom. The molecule has 2 aromatic rings. The van der Waals surface area contributed by atoms with Crippen LogP contribution in [0.3, 0.4) is 0 Å². The lowest BCUT2D eigenvalue weighted by atomic mass is 9.94. The fourth-order valence-corrected chi connectivity index (χ4v) is 3.43. The van der Waals surface area contributed by atoms with Crippen molar-refractivity contribution >= 4 is 17.5 Å². The minimum absolute atomic E-state index is 0.0622. The van der Waals surface area contributed by atoms with E-state index < -0.39 is 23.3 Å². The number of pyridine rings is 1. The van der Waals surface area contributed by atoms with E-state index in [1.54, 1.807) is 12.1 Å². The lowest BCUT2D eigenvalue weighted by Crippen LogP contribution is -2.37. The molecule has 3 nitrogen and oxygen atoms in total. The van der Waals surface area contributed by atoms with Crippen LogP contribution in [0, 0.1) is 0 Å². The fourth-order valence-electron chi connectivity index (χ4n) is 3.30. The van der Waals surface area contributed by atoms with Gasteiger partial charge in [-0.25, -0.2) is 0 Å². The van der Waals surface area contributed by atoms with Crippen LogP contribution in [-0.4, -0.2) is 16.9 Å². The van der Waals surface area contributed by atoms with Gasteiger partial charge >= 0.3 is 6.18 Å². The highest BCUT2D eigenvalue weighted by Gasteiger charge is 2.38. The first-order chi connectivity index (χ1) is 11.9. The summed E-state index contributed by atoms with van der Waals surface area (Å²) in [6.45, 7) is 0. The molecule has 1 aliphatic carbocycles. The van der Waals surface area contributed by atoms with Crippen LogP contribution in [0.4, 0.5) is 13.2 Å². The predicted octanol–water partition coefficient (Wildman–Crippen LogP) is 4.82. The van der Waals surface area contributed by atoms with Gasteiger partial charge in [0.25, 0.3) is 5.91 Å². The summed E-state index contributed by atoms with van der Waals surface area (Å²) < 4.78 is 39.1. The molecule has 1 aliphatic rings. The summed E-state index contributed by atoms with van der Waals surface area (Å²) in [5.41, 5.74) is -0.584. The van der Waals surface area contributed by atoms with Gasteiger partial charge in [-0.15, -0.1) is 0 Å². The third-order valence-electron chi connectivity index (χ3n) is 4.45. The van der Waals surface area contributed by atoms with Crippen molar-refractivity contribution in [2.45, 2.75) is 37.4 Å². The lowest BCUT2D eigenvalue weighted by Gasteiger charge is -2.22. The van der Waals surface area contributed by atoms with Gasteiger partial charge in [-0.2, -0.15) is 13.2 Å². The molecule has 2 unspecified atom stereocenters. The van der Waals surface area contributed by atoms with Crippen molar-refractivity contribution < 1.29 is 18.0 Å². The monoisotopic (exact) mass is 368 g/mol. The molecule has 1 saturated carbocycles. The molecule has 1 N–H and O–H groups in total. The van der Waals surface area contributed by atoms with Crippen molar-refractivity contribution in [3.05, 3.63) is 64.4 Å². The topological polar surface area (TPSA) is 42.0 Å². The third kappa shape index (κ3) is 3.95. The average molecular weight is 369 g/mol. The average Bonchev–Trinajstić information content (AvgIpc) is 3.03. The van der Waals surface area contributed by atoms with E-state index in [0.717, 1.165) is 37.1 Å². The van der Waals surface area contributed by atoms with E-state index in [9.17, 15) is 18.0 Å². The first-order valence-electron chi connectivity index (χ1n) is 7.95. The van der Waals surface area contributed by atoms with Gasteiger partial charge in [0.1, 0.15) is 0 Å². The molecule has 1 fully saturated rings. The molecule has 132 valence electrons.